The summed E-state index contributed by atoms with van der Waals surface area (Å²) in [4.78, 5) is 0. The first-order valence-corrected chi connectivity index (χ1v) is 4.98. The summed E-state index contributed by atoms with van der Waals surface area (Å²) in [5, 5.41) is 0. The second-order valence-corrected chi connectivity index (χ2v) is 3.19. The molecule has 0 aromatic heterocycles. The van der Waals surface area contributed by atoms with Gasteiger partial charge in [-0.1, -0.05) is 0 Å². The Hall–Kier alpha value is 2.33. The Bertz CT molecular complexity index is 221. The van der Waals surface area contributed by atoms with Gasteiger partial charge in [-0.2, -0.15) is 8.42 Å². The van der Waals surface area contributed by atoms with Crippen molar-refractivity contribution in [2.45, 2.75) is 0 Å². The fraction of sp³-hybridized carbons (Fsp3) is 0. The third-order valence-electron chi connectivity index (χ3n) is 0. The van der Waals surface area contributed by atoms with Gasteiger partial charge in [0.1, 0.15) is 0 Å². The molecule has 0 heterocycles. The van der Waals surface area contributed by atoms with Crippen LogP contribution >= 0.6 is 0 Å². The second-order valence-electron chi connectivity index (χ2n) is 0.896. The normalized spacial score (nSPS) is 8.92. The van der Waals surface area contributed by atoms with E-state index >= 15 is 0 Å². The van der Waals surface area contributed by atoms with Crippen LogP contribution in [0.1, 0.15) is 0 Å². The van der Waals surface area contributed by atoms with E-state index < -0.39 is 24.0 Å². The first-order valence-electron chi connectivity index (χ1n) is 1.40. The van der Waals surface area contributed by atoms with Gasteiger partial charge < -0.3 is 0 Å². The van der Waals surface area contributed by atoms with Crippen molar-refractivity contribution >= 4 is 48.1 Å². The van der Waals surface area contributed by atoms with Crippen LogP contribution in [0.4, 0.5) is 0 Å². The van der Waals surface area contributed by atoms with Crippen molar-refractivity contribution < 1.29 is 83.6 Å². The minimum absolute atomic E-state index is 0. The monoisotopic (exact) mass is 385 g/mol. The molecule has 13 heteroatoms. The van der Waals surface area contributed by atoms with Crippen LogP contribution < -0.4 is 0 Å². The summed E-state index contributed by atoms with van der Waals surface area (Å²) in [5.74, 6) is 0. The van der Waals surface area contributed by atoms with Gasteiger partial charge in [-0.25, -0.2) is 0 Å². The molecule has 0 bridgehead atoms. The molecular formula is H6CaCrCuO8SZn. The second kappa shape index (κ2) is 12.4. The van der Waals surface area contributed by atoms with E-state index in [1.54, 1.807) is 0 Å². The molecule has 0 saturated heterocycles. The Morgan fingerprint density at radius 2 is 1.00 bits per heavy atom. The molecular weight excluding hydrogens is 381 g/mol. The van der Waals surface area contributed by atoms with E-state index in [0.29, 0.717) is 0 Å². The van der Waals surface area contributed by atoms with E-state index in [9.17, 15) is 0 Å². The van der Waals surface area contributed by atoms with Gasteiger partial charge in [-0.3, -0.25) is 9.11 Å². The smallest absolute Gasteiger partial charge is 0 e. The molecule has 13 heavy (non-hydrogen) atoms. The Morgan fingerprint density at radius 3 is 1.00 bits per heavy atom. The average Bonchev–Trinajstić information content (AvgIpc) is 1.12. The Balaban J connectivity index is -0.0000000267. The van der Waals surface area contributed by atoms with Crippen LogP contribution in [0.15, 0.2) is 0 Å². The van der Waals surface area contributed by atoms with Crippen LogP contribution in [0.3, 0.4) is 0 Å². The van der Waals surface area contributed by atoms with Crippen molar-refractivity contribution in [3.63, 3.8) is 0 Å². The zero-order chi connectivity index (χ0) is 9.00. The van der Waals surface area contributed by atoms with Gasteiger partial charge in [0.25, 0.3) is 0 Å². The zero-order valence-electron chi connectivity index (χ0n) is 5.25. The molecule has 0 aliphatic carbocycles. The van der Waals surface area contributed by atoms with Crippen molar-refractivity contribution in [1.82, 2.24) is 0 Å². The van der Waals surface area contributed by atoms with Gasteiger partial charge in [-0.05, 0) is 0 Å². The molecule has 4 N–H and O–H groups in total. The minimum Gasteiger partial charge on any atom is 0 e. The fourth-order valence-corrected chi connectivity index (χ4v) is 0. The summed E-state index contributed by atoms with van der Waals surface area (Å²) >= 11 is -5.25. The van der Waals surface area contributed by atoms with Crippen LogP contribution in [0.25, 0.3) is 0 Å². The van der Waals surface area contributed by atoms with E-state index in [1.165, 1.54) is 0 Å². The molecule has 0 atom stereocenters. The van der Waals surface area contributed by atoms with Crippen LogP contribution in [0.5, 0.6) is 0 Å². The van der Waals surface area contributed by atoms with Crippen LogP contribution in [0.2, 0.25) is 0 Å². The van der Waals surface area contributed by atoms with Crippen molar-refractivity contribution in [2.75, 3.05) is 0 Å². The van der Waals surface area contributed by atoms with Crippen LogP contribution in [-0.4, -0.2) is 63.6 Å². The van der Waals surface area contributed by atoms with Gasteiger partial charge >= 0.3 is 77.7 Å². The van der Waals surface area contributed by atoms with Crippen LogP contribution in [-0.2, 0) is 68.2 Å². The van der Waals surface area contributed by atoms with Crippen molar-refractivity contribution in [2.24, 2.45) is 0 Å². The van der Waals surface area contributed by atoms with E-state index in [2.05, 4.69) is 0 Å². The molecule has 0 saturated carbocycles. The van der Waals surface area contributed by atoms with Gasteiger partial charge in [0, 0.05) is 36.5 Å². The molecule has 0 aromatic rings. The minimum atomic E-state index is -5.25. The summed E-state index contributed by atoms with van der Waals surface area (Å²) in [6.07, 6.45) is 0. The Kier molecular flexibility index (Phi) is 28.1. The summed E-state index contributed by atoms with van der Waals surface area (Å²) < 4.78 is 63.5. The van der Waals surface area contributed by atoms with Gasteiger partial charge in [0.2, 0.25) is 0 Å². The standard InChI is InChI=1S/Ca.Cr.Cu.H2O4S.2H2O.2O.Zn.2H/c;;;1-5(2,3)4;;;;;;;/h;;;(H2,1,2,3,4);2*1H2;;;;;/q;+2;;;;;;;;;/p-2. The van der Waals surface area contributed by atoms with E-state index in [-0.39, 0.29) is 74.3 Å². The van der Waals surface area contributed by atoms with Gasteiger partial charge in [0.15, 0.2) is 0 Å². The molecule has 1 radical (unpaired) electrons. The first kappa shape index (κ1) is 29.5. The van der Waals surface area contributed by atoms with E-state index in [1.807, 2.05) is 0 Å². The van der Waals surface area contributed by atoms with Crippen LogP contribution in [0, 0.1) is 0 Å². The third kappa shape index (κ3) is 403. The van der Waals surface area contributed by atoms with Crippen molar-refractivity contribution in [1.29, 1.82) is 0 Å². The molecule has 0 rings (SSSR count). The molecule has 0 unspecified atom stereocenters. The summed E-state index contributed by atoms with van der Waals surface area (Å²) in [6.45, 7) is 0. The molecule has 0 spiro atoms. The van der Waals surface area contributed by atoms with Gasteiger partial charge in [-0.15, -0.1) is 0 Å². The summed E-state index contributed by atoms with van der Waals surface area (Å²) in [5.41, 5.74) is 0. The molecule has 0 amide bonds. The SMILES string of the molecule is O=S(=O)(O)O.[CaH2].[Cu].[O]=[Cr](=[O])([OH])[OH].[Zn]. The summed E-state index contributed by atoms with van der Waals surface area (Å²) in [7, 11) is -4.67. The summed E-state index contributed by atoms with van der Waals surface area (Å²) in [6, 6.07) is 0. The van der Waals surface area contributed by atoms with Crippen molar-refractivity contribution in [3.05, 3.63) is 0 Å². The predicted molar refractivity (Wildman–Crippen MR) is 28.5 cm³/mol. The largest absolute Gasteiger partial charge is 0 e. The van der Waals surface area contributed by atoms with E-state index in [4.69, 9.17) is 33.4 Å². The Labute approximate surface area is 130 Å². The molecule has 0 aromatic carbocycles. The maximum Gasteiger partial charge on any atom is 0 e. The fourth-order valence-electron chi connectivity index (χ4n) is 0. The maximum absolute atomic E-state index is 8.82. The predicted octanol–water partition coefficient (Wildman–Crippen LogP) is -2.93. The Morgan fingerprint density at radius 1 is 1.00 bits per heavy atom. The quantitative estimate of drug-likeness (QED) is 0.255. The maximum atomic E-state index is 8.82. The van der Waals surface area contributed by atoms with Gasteiger partial charge in [0.05, 0.1) is 0 Å². The molecule has 8 nitrogen and oxygen atoms in total. The first-order chi connectivity index (χ1) is 4.00. The number of hydrogen-bond donors (Lipinski definition) is 4. The zero-order valence-corrected chi connectivity index (χ0v) is 11.2. The molecule has 0 fully saturated rings. The van der Waals surface area contributed by atoms with Crippen molar-refractivity contribution in [3.8, 4) is 0 Å². The molecule has 81 valence electrons. The third-order valence-corrected chi connectivity index (χ3v) is 0. The number of hydrogen-bond acceptors (Lipinski definition) is 4. The average molecular weight is 387 g/mol. The molecule has 0 aliphatic rings. The topological polar surface area (TPSA) is 149 Å². The molecule has 0 aliphatic heterocycles. The van der Waals surface area contributed by atoms with E-state index in [0.717, 1.165) is 0 Å². The number of rotatable bonds is 0.